The van der Waals surface area contributed by atoms with Gasteiger partial charge in [0.2, 0.25) is 0 Å². The number of hydrogen-bond donors (Lipinski definition) is 0. The Morgan fingerprint density at radius 2 is 1.44 bits per heavy atom. The van der Waals surface area contributed by atoms with E-state index in [2.05, 4.69) is 44.6 Å². The maximum atomic E-state index is 2.33. The molecule has 0 saturated carbocycles. The van der Waals surface area contributed by atoms with E-state index in [-0.39, 0.29) is 0 Å². The Morgan fingerprint density at radius 3 is 2.19 bits per heavy atom. The first-order chi connectivity index (χ1) is 7.91. The Labute approximate surface area is 103 Å². The highest BCUT2D eigenvalue weighted by Crippen LogP contribution is 2.04. The van der Waals surface area contributed by atoms with Crippen molar-refractivity contribution in [2.24, 2.45) is 0 Å². The lowest BCUT2D eigenvalue weighted by Crippen LogP contribution is -1.74. The van der Waals surface area contributed by atoms with Crippen molar-refractivity contribution in [2.75, 3.05) is 0 Å². The van der Waals surface area contributed by atoms with E-state index in [9.17, 15) is 0 Å². The molecule has 0 aromatic carbocycles. The molecule has 0 heteroatoms. The zero-order valence-corrected chi connectivity index (χ0v) is 11.3. The van der Waals surface area contributed by atoms with Gasteiger partial charge in [-0.05, 0) is 32.1 Å². The average molecular weight is 221 g/mol. The van der Waals surface area contributed by atoms with Crippen LogP contribution >= 0.6 is 0 Å². The Bertz CT molecular complexity index is 165. The van der Waals surface area contributed by atoms with E-state index in [1.807, 2.05) is 0 Å². The molecular formula is C16H29. The largest absolute Gasteiger partial charge is 0.0885 e. The lowest BCUT2D eigenvalue weighted by atomic mass is 10.1. The number of allylic oxidation sites excluding steroid dienone is 4. The summed E-state index contributed by atoms with van der Waals surface area (Å²) in [6, 6.07) is 0. The van der Waals surface area contributed by atoms with E-state index in [0.717, 1.165) is 6.42 Å². The quantitative estimate of drug-likeness (QED) is 0.303. The molecule has 0 bridgehead atoms. The molecule has 0 heterocycles. The molecule has 0 fully saturated rings. The van der Waals surface area contributed by atoms with E-state index >= 15 is 0 Å². The molecule has 0 amide bonds. The van der Waals surface area contributed by atoms with Gasteiger partial charge in [0.25, 0.3) is 0 Å². The first-order valence-corrected chi connectivity index (χ1v) is 7.05. The van der Waals surface area contributed by atoms with Crippen molar-refractivity contribution in [2.45, 2.75) is 71.6 Å². The van der Waals surface area contributed by atoms with Crippen LogP contribution in [0.2, 0.25) is 0 Å². The molecule has 0 aliphatic rings. The molecule has 0 atom stereocenters. The molecule has 0 unspecified atom stereocenters. The molecule has 0 aromatic heterocycles. The van der Waals surface area contributed by atoms with Gasteiger partial charge in [-0.1, -0.05) is 70.3 Å². The van der Waals surface area contributed by atoms with Crippen LogP contribution in [0, 0.1) is 6.42 Å². The van der Waals surface area contributed by atoms with E-state index in [1.54, 1.807) is 0 Å². The summed E-state index contributed by atoms with van der Waals surface area (Å²) < 4.78 is 0. The van der Waals surface area contributed by atoms with Gasteiger partial charge in [-0.25, -0.2) is 0 Å². The molecule has 0 spiro atoms. The Kier molecular flexibility index (Phi) is 14.0. The zero-order valence-electron chi connectivity index (χ0n) is 11.3. The third-order valence-electron chi connectivity index (χ3n) is 2.66. The second-order valence-electron chi connectivity index (χ2n) is 4.36. The van der Waals surface area contributed by atoms with E-state index in [4.69, 9.17) is 0 Å². The van der Waals surface area contributed by atoms with Crippen molar-refractivity contribution in [1.82, 2.24) is 0 Å². The molecule has 16 heavy (non-hydrogen) atoms. The fourth-order valence-corrected chi connectivity index (χ4v) is 1.57. The van der Waals surface area contributed by atoms with Crippen LogP contribution in [0.5, 0.6) is 0 Å². The fourth-order valence-electron chi connectivity index (χ4n) is 1.57. The third-order valence-corrected chi connectivity index (χ3v) is 2.66. The van der Waals surface area contributed by atoms with Crippen LogP contribution in [0.15, 0.2) is 24.3 Å². The molecule has 0 aromatic rings. The summed E-state index contributed by atoms with van der Waals surface area (Å²) in [7, 11) is 0. The summed E-state index contributed by atoms with van der Waals surface area (Å²) in [6.45, 7) is 4.49. The first kappa shape index (κ1) is 15.5. The van der Waals surface area contributed by atoms with Crippen molar-refractivity contribution in [1.29, 1.82) is 0 Å². The van der Waals surface area contributed by atoms with Crippen LogP contribution < -0.4 is 0 Å². The van der Waals surface area contributed by atoms with Gasteiger partial charge in [0.15, 0.2) is 0 Å². The van der Waals surface area contributed by atoms with E-state index in [0.29, 0.717) is 0 Å². The predicted molar refractivity (Wildman–Crippen MR) is 75.5 cm³/mol. The molecule has 0 saturated heterocycles. The van der Waals surface area contributed by atoms with Gasteiger partial charge in [0.1, 0.15) is 0 Å². The molecule has 0 aliphatic heterocycles. The van der Waals surface area contributed by atoms with Crippen molar-refractivity contribution in [3.05, 3.63) is 30.7 Å². The van der Waals surface area contributed by atoms with Gasteiger partial charge in [-0.2, -0.15) is 0 Å². The highest BCUT2D eigenvalue weighted by atomic mass is 13.9. The SMILES string of the molecule is CCCC/C=C\[CH]CC=CCCCCCC. The maximum absolute atomic E-state index is 2.33. The molecule has 0 aliphatic carbocycles. The van der Waals surface area contributed by atoms with Crippen molar-refractivity contribution >= 4 is 0 Å². The minimum absolute atomic E-state index is 1.09. The van der Waals surface area contributed by atoms with Gasteiger partial charge in [0.05, 0.1) is 0 Å². The summed E-state index contributed by atoms with van der Waals surface area (Å²) in [6.07, 6.45) is 23.0. The summed E-state index contributed by atoms with van der Waals surface area (Å²) in [5, 5.41) is 0. The zero-order chi connectivity index (χ0) is 11.9. The minimum atomic E-state index is 1.09. The summed E-state index contributed by atoms with van der Waals surface area (Å²) in [5.74, 6) is 0. The second kappa shape index (κ2) is 14.5. The van der Waals surface area contributed by atoms with Gasteiger partial charge in [0, 0.05) is 0 Å². The van der Waals surface area contributed by atoms with Crippen LogP contribution in [0.1, 0.15) is 71.6 Å². The van der Waals surface area contributed by atoms with Gasteiger partial charge < -0.3 is 0 Å². The molecule has 93 valence electrons. The summed E-state index contributed by atoms with van der Waals surface area (Å²) in [5.41, 5.74) is 0. The molecule has 0 nitrogen and oxygen atoms in total. The molecule has 0 N–H and O–H groups in total. The Morgan fingerprint density at radius 1 is 0.688 bits per heavy atom. The lowest BCUT2D eigenvalue weighted by molar-refractivity contribution is 0.674. The highest BCUT2D eigenvalue weighted by molar-refractivity contribution is 4.99. The summed E-state index contributed by atoms with van der Waals surface area (Å²) in [4.78, 5) is 0. The standard InChI is InChI=1S/C16H29/c1-3-5-7-9-11-13-15-16-14-12-10-8-6-4-2/h9,11,13-14,16H,3-8,10,12,15H2,1-2H3/b11-9-,16-14?. The van der Waals surface area contributed by atoms with E-state index < -0.39 is 0 Å². The lowest BCUT2D eigenvalue weighted by Gasteiger charge is -1.94. The van der Waals surface area contributed by atoms with Crippen molar-refractivity contribution in [3.8, 4) is 0 Å². The summed E-state index contributed by atoms with van der Waals surface area (Å²) >= 11 is 0. The third kappa shape index (κ3) is 13.5. The van der Waals surface area contributed by atoms with Crippen molar-refractivity contribution in [3.63, 3.8) is 0 Å². The van der Waals surface area contributed by atoms with Crippen molar-refractivity contribution < 1.29 is 0 Å². The van der Waals surface area contributed by atoms with Gasteiger partial charge in [-0.15, -0.1) is 0 Å². The number of unbranched alkanes of at least 4 members (excludes halogenated alkanes) is 7. The van der Waals surface area contributed by atoms with Gasteiger partial charge in [-0.3, -0.25) is 0 Å². The number of rotatable bonds is 11. The molecule has 1 radical (unpaired) electrons. The second-order valence-corrected chi connectivity index (χ2v) is 4.36. The van der Waals surface area contributed by atoms with Crippen LogP contribution in [0.4, 0.5) is 0 Å². The number of hydrogen-bond acceptors (Lipinski definition) is 0. The van der Waals surface area contributed by atoms with E-state index in [1.165, 1.54) is 51.4 Å². The smallest absolute Gasteiger partial charge is 0.0133 e. The predicted octanol–water partition coefficient (Wildman–Crippen LogP) is 5.85. The topological polar surface area (TPSA) is 0 Å². The Balaban J connectivity index is 3.12. The molecule has 0 rings (SSSR count). The minimum Gasteiger partial charge on any atom is -0.0885 e. The Hall–Kier alpha value is -0.520. The normalized spacial score (nSPS) is 11.9. The average Bonchev–Trinajstić information content (AvgIpc) is 2.31. The van der Waals surface area contributed by atoms with Crippen LogP contribution in [-0.4, -0.2) is 0 Å². The van der Waals surface area contributed by atoms with Crippen LogP contribution in [0.25, 0.3) is 0 Å². The maximum Gasteiger partial charge on any atom is -0.0133 e. The van der Waals surface area contributed by atoms with Gasteiger partial charge >= 0.3 is 0 Å². The fraction of sp³-hybridized carbons (Fsp3) is 0.688. The highest BCUT2D eigenvalue weighted by Gasteiger charge is 1.84. The van der Waals surface area contributed by atoms with Crippen LogP contribution in [0.3, 0.4) is 0 Å². The van der Waals surface area contributed by atoms with Crippen LogP contribution in [-0.2, 0) is 0 Å². The monoisotopic (exact) mass is 221 g/mol. The first-order valence-electron chi connectivity index (χ1n) is 7.05. The molecular weight excluding hydrogens is 192 g/mol.